The number of nitrogens with zero attached hydrogens (tertiary/aromatic N) is 1. The average Bonchev–Trinajstić information content (AvgIpc) is 2.69. The largest absolute Gasteiger partial charge is 0.458 e. The van der Waals surface area contributed by atoms with Crippen LogP contribution in [-0.2, 0) is 5.54 Å². The quantitative estimate of drug-likeness (QED) is 0.650. The van der Waals surface area contributed by atoms with Crippen LogP contribution in [0.15, 0.2) is 47.2 Å². The summed E-state index contributed by atoms with van der Waals surface area (Å²) in [6, 6.07) is 10.0. The van der Waals surface area contributed by atoms with Crippen LogP contribution in [0.25, 0.3) is 11.5 Å². The summed E-state index contributed by atoms with van der Waals surface area (Å²) in [5, 5.41) is 0. The molecule has 0 unspecified atom stereocenters. The van der Waals surface area contributed by atoms with Gasteiger partial charge in [-0.15, -0.1) is 0 Å². The summed E-state index contributed by atoms with van der Waals surface area (Å²) in [6.45, 7) is 6.54. The third-order valence-electron chi connectivity index (χ3n) is 2.36. The summed E-state index contributed by atoms with van der Waals surface area (Å²) in [5.41, 5.74) is 1.17. The van der Waals surface area contributed by atoms with E-state index in [-0.39, 0.29) is 5.54 Å². The van der Waals surface area contributed by atoms with Crippen LogP contribution in [0, 0.1) is 0 Å². The highest BCUT2D eigenvalue weighted by Gasteiger charge is 2.26. The van der Waals surface area contributed by atoms with Crippen LogP contribution in [-0.4, -0.2) is 0 Å². The van der Waals surface area contributed by atoms with E-state index in [1.54, 1.807) is 6.26 Å². The molecule has 2 nitrogen and oxygen atoms in total. The van der Waals surface area contributed by atoms with Crippen molar-refractivity contribution in [2.45, 2.75) is 26.3 Å². The fourth-order valence-corrected chi connectivity index (χ4v) is 1.65. The van der Waals surface area contributed by atoms with Crippen molar-refractivity contribution in [2.75, 3.05) is 0 Å². The molecule has 0 aliphatic rings. The fraction of sp³-hybridized carbons (Fsp3) is 0.308. The molecule has 2 aromatic heterocycles. The maximum atomic E-state index is 5.43. The molecule has 78 valence electrons. The Kier molecular flexibility index (Phi) is 2.35. The third-order valence-corrected chi connectivity index (χ3v) is 2.36. The molecule has 2 rings (SSSR count). The highest BCUT2D eigenvalue weighted by Crippen LogP contribution is 2.18. The molecule has 0 saturated heterocycles. The van der Waals surface area contributed by atoms with E-state index in [2.05, 4.69) is 37.6 Å². The highest BCUT2D eigenvalue weighted by molar-refractivity contribution is 5.47. The van der Waals surface area contributed by atoms with Crippen molar-refractivity contribution in [1.29, 1.82) is 0 Å². The van der Waals surface area contributed by atoms with Crippen LogP contribution in [0.1, 0.15) is 20.8 Å². The molecule has 0 aliphatic carbocycles. The number of pyridine rings is 1. The maximum absolute atomic E-state index is 5.43. The Morgan fingerprint density at radius 2 is 1.87 bits per heavy atom. The molecule has 2 heteroatoms. The molecule has 0 bridgehead atoms. The Morgan fingerprint density at radius 3 is 2.47 bits per heavy atom. The average molecular weight is 202 g/mol. The summed E-state index contributed by atoms with van der Waals surface area (Å²) < 4.78 is 7.65. The molecule has 15 heavy (non-hydrogen) atoms. The number of rotatable bonds is 1. The number of furan rings is 1. The first-order valence-electron chi connectivity index (χ1n) is 5.14. The zero-order valence-electron chi connectivity index (χ0n) is 9.40. The molecule has 0 saturated carbocycles. The van der Waals surface area contributed by atoms with E-state index >= 15 is 0 Å². The third kappa shape index (κ3) is 1.94. The minimum Gasteiger partial charge on any atom is -0.458 e. The molecule has 2 aromatic rings. The van der Waals surface area contributed by atoms with Gasteiger partial charge in [0, 0.05) is 32.9 Å². The second kappa shape index (κ2) is 3.54. The van der Waals surface area contributed by atoms with E-state index < -0.39 is 0 Å². The predicted molar refractivity (Wildman–Crippen MR) is 59.3 cm³/mol. The summed E-state index contributed by atoms with van der Waals surface area (Å²) in [6.07, 6.45) is 3.78. The monoisotopic (exact) mass is 202 g/mol. The van der Waals surface area contributed by atoms with Crippen LogP contribution in [0.5, 0.6) is 0 Å². The Labute approximate surface area is 90.2 Å². The van der Waals surface area contributed by atoms with Gasteiger partial charge in [-0.2, -0.15) is 4.57 Å². The van der Waals surface area contributed by atoms with Gasteiger partial charge in [0.25, 0.3) is 0 Å². The van der Waals surface area contributed by atoms with Crippen LogP contribution < -0.4 is 4.57 Å². The van der Waals surface area contributed by atoms with Crippen LogP contribution in [0.2, 0.25) is 0 Å². The normalized spacial score (nSPS) is 11.7. The van der Waals surface area contributed by atoms with Crippen molar-refractivity contribution < 1.29 is 8.98 Å². The van der Waals surface area contributed by atoms with Gasteiger partial charge in [0.1, 0.15) is 0 Å². The number of aromatic nitrogens is 1. The molecule has 0 spiro atoms. The Bertz CT molecular complexity index is 438. The fourth-order valence-electron chi connectivity index (χ4n) is 1.65. The topological polar surface area (TPSA) is 17.0 Å². The summed E-state index contributed by atoms with van der Waals surface area (Å²) in [7, 11) is 0. The lowest BCUT2D eigenvalue weighted by Gasteiger charge is -2.15. The van der Waals surface area contributed by atoms with Gasteiger partial charge >= 0.3 is 0 Å². The lowest BCUT2D eigenvalue weighted by molar-refractivity contribution is -0.744. The summed E-state index contributed by atoms with van der Waals surface area (Å²) in [5.74, 6) is 0.908. The minimum absolute atomic E-state index is 0.0589. The Balaban J connectivity index is 2.58. The smallest absolute Gasteiger partial charge is 0.248 e. The van der Waals surface area contributed by atoms with Gasteiger partial charge in [-0.3, -0.25) is 0 Å². The van der Waals surface area contributed by atoms with E-state index in [1.807, 2.05) is 24.3 Å². The van der Waals surface area contributed by atoms with Gasteiger partial charge in [0.15, 0.2) is 17.5 Å². The van der Waals surface area contributed by atoms with Crippen LogP contribution >= 0.6 is 0 Å². The zero-order valence-corrected chi connectivity index (χ0v) is 9.40. The summed E-state index contributed by atoms with van der Waals surface area (Å²) in [4.78, 5) is 0. The molecule has 0 radical (unpaired) electrons. The van der Waals surface area contributed by atoms with E-state index in [4.69, 9.17) is 4.42 Å². The van der Waals surface area contributed by atoms with Gasteiger partial charge in [-0.25, -0.2) is 0 Å². The zero-order chi connectivity index (χ0) is 10.9. The molecule has 0 aliphatic heterocycles. The van der Waals surface area contributed by atoms with E-state index in [1.165, 1.54) is 0 Å². The molecule has 0 aromatic carbocycles. The Hall–Kier alpha value is -1.57. The van der Waals surface area contributed by atoms with Crippen molar-refractivity contribution >= 4 is 0 Å². The van der Waals surface area contributed by atoms with Crippen molar-refractivity contribution in [2.24, 2.45) is 0 Å². The minimum atomic E-state index is 0.0589. The molecule has 0 atom stereocenters. The van der Waals surface area contributed by atoms with Crippen LogP contribution in [0.4, 0.5) is 0 Å². The number of hydrogen-bond acceptors (Lipinski definition) is 1. The van der Waals surface area contributed by atoms with Gasteiger partial charge in [0.05, 0.1) is 6.26 Å². The standard InChI is InChI=1S/C13H16NO/c1-13(2,3)14-9-5-4-7-11(14)12-8-6-10-15-12/h4-10H,1-3H3/q+1. The van der Waals surface area contributed by atoms with Crippen molar-refractivity contribution in [1.82, 2.24) is 0 Å². The molecule has 0 amide bonds. The van der Waals surface area contributed by atoms with Crippen molar-refractivity contribution in [3.63, 3.8) is 0 Å². The molecule has 2 heterocycles. The maximum Gasteiger partial charge on any atom is 0.248 e. The van der Waals surface area contributed by atoms with E-state index in [9.17, 15) is 0 Å². The van der Waals surface area contributed by atoms with Crippen molar-refractivity contribution in [3.8, 4) is 11.5 Å². The first kappa shape index (κ1) is 9.97. The SMILES string of the molecule is CC(C)(C)[n+]1ccccc1-c1ccco1. The van der Waals surface area contributed by atoms with Gasteiger partial charge in [-0.1, -0.05) is 0 Å². The van der Waals surface area contributed by atoms with Gasteiger partial charge in [0.2, 0.25) is 5.69 Å². The molecule has 0 fully saturated rings. The lowest BCUT2D eigenvalue weighted by Crippen LogP contribution is -2.51. The molecular weight excluding hydrogens is 186 g/mol. The first-order chi connectivity index (χ1) is 7.09. The molecule has 0 N–H and O–H groups in total. The van der Waals surface area contributed by atoms with Crippen LogP contribution in [0.3, 0.4) is 0 Å². The lowest BCUT2D eigenvalue weighted by atomic mass is 10.1. The second-order valence-electron chi connectivity index (χ2n) is 4.60. The first-order valence-corrected chi connectivity index (χ1v) is 5.14. The second-order valence-corrected chi connectivity index (χ2v) is 4.60. The number of hydrogen-bond donors (Lipinski definition) is 0. The Morgan fingerprint density at radius 1 is 1.07 bits per heavy atom. The molecular formula is C13H16NO+. The van der Waals surface area contributed by atoms with Gasteiger partial charge in [-0.05, 0) is 18.2 Å². The van der Waals surface area contributed by atoms with E-state index in [0.717, 1.165) is 11.5 Å². The van der Waals surface area contributed by atoms with E-state index in [0.29, 0.717) is 0 Å². The van der Waals surface area contributed by atoms with Crippen molar-refractivity contribution in [3.05, 3.63) is 42.8 Å². The highest BCUT2D eigenvalue weighted by atomic mass is 16.3. The summed E-state index contributed by atoms with van der Waals surface area (Å²) >= 11 is 0. The van der Waals surface area contributed by atoms with Gasteiger partial charge < -0.3 is 4.42 Å². The predicted octanol–water partition coefficient (Wildman–Crippen LogP) is 2.99.